The predicted molar refractivity (Wildman–Crippen MR) is 95.9 cm³/mol. The van der Waals surface area contributed by atoms with Crippen molar-refractivity contribution < 1.29 is 4.79 Å². The average Bonchev–Trinajstić information content (AvgIpc) is 2.63. The number of carbonyl (C=O) groups is 1. The second-order valence-electron chi connectivity index (χ2n) is 6.97. The Bertz CT molecular complexity index is 582. The van der Waals surface area contributed by atoms with Crippen molar-refractivity contribution in [3.05, 3.63) is 29.5 Å². The summed E-state index contributed by atoms with van der Waals surface area (Å²) in [6, 6.07) is 3.97. The van der Waals surface area contributed by atoms with E-state index in [1.54, 1.807) is 0 Å². The molecule has 5 heteroatoms. The van der Waals surface area contributed by atoms with Crippen LogP contribution in [0.5, 0.6) is 0 Å². The minimum absolute atomic E-state index is 0.0576. The van der Waals surface area contributed by atoms with Crippen molar-refractivity contribution in [2.24, 2.45) is 5.92 Å². The highest BCUT2D eigenvalue weighted by molar-refractivity contribution is 5.79. The number of piperidine rings is 1. The van der Waals surface area contributed by atoms with Gasteiger partial charge in [0.15, 0.2) is 5.82 Å². The Labute approximate surface area is 144 Å². The first-order valence-electron chi connectivity index (χ1n) is 9.23. The number of aryl methyl sites for hydroxylation is 1. The molecule has 2 heterocycles. The Kier molecular flexibility index (Phi) is 5.83. The third-order valence-corrected chi connectivity index (χ3v) is 5.03. The van der Waals surface area contributed by atoms with Gasteiger partial charge in [-0.15, -0.1) is 5.10 Å². The van der Waals surface area contributed by atoms with Gasteiger partial charge in [0.05, 0.1) is 11.6 Å². The summed E-state index contributed by atoms with van der Waals surface area (Å²) in [5, 5.41) is 11.5. The maximum atomic E-state index is 12.5. The number of hydrogen-bond donors (Lipinski definition) is 1. The van der Waals surface area contributed by atoms with E-state index in [9.17, 15) is 4.79 Å². The number of allylic oxidation sites excluding steroid dienone is 1. The van der Waals surface area contributed by atoms with Crippen molar-refractivity contribution in [3.8, 4) is 0 Å². The maximum absolute atomic E-state index is 12.5. The molecule has 1 aliphatic heterocycles. The topological polar surface area (TPSA) is 58.1 Å². The van der Waals surface area contributed by atoms with Crippen LogP contribution in [0.4, 0.5) is 5.82 Å². The van der Waals surface area contributed by atoms with Gasteiger partial charge in [0.2, 0.25) is 5.91 Å². The molecule has 1 unspecified atom stereocenters. The van der Waals surface area contributed by atoms with Gasteiger partial charge in [-0.25, -0.2) is 0 Å². The summed E-state index contributed by atoms with van der Waals surface area (Å²) >= 11 is 0. The van der Waals surface area contributed by atoms with Crippen LogP contribution in [0.25, 0.3) is 0 Å². The van der Waals surface area contributed by atoms with Crippen molar-refractivity contribution in [1.29, 1.82) is 0 Å². The molecule has 3 rings (SSSR count). The molecule has 0 saturated carbocycles. The first-order chi connectivity index (χ1) is 11.7. The normalized spacial score (nSPS) is 21.3. The first-order valence-corrected chi connectivity index (χ1v) is 9.23. The number of amides is 1. The Morgan fingerprint density at radius 2 is 2.21 bits per heavy atom. The van der Waals surface area contributed by atoms with Crippen LogP contribution >= 0.6 is 0 Å². The molecule has 0 aromatic carbocycles. The van der Waals surface area contributed by atoms with Gasteiger partial charge in [-0.3, -0.25) is 4.79 Å². The fourth-order valence-electron chi connectivity index (χ4n) is 3.58. The molecule has 1 aliphatic carbocycles. The number of nitrogens with zero attached hydrogens (tertiary/aromatic N) is 3. The molecule has 1 N–H and O–H groups in total. The largest absolute Gasteiger partial charge is 0.355 e. The highest BCUT2D eigenvalue weighted by atomic mass is 16.1. The number of rotatable bonds is 5. The molecular weight excluding hydrogens is 300 g/mol. The standard InChI is InChI=1S/C19H28N4O/c1-15-9-10-18(22-21-15)23-13-5-8-17(14-23)19(24)20-12-11-16-6-3-2-4-7-16/h6,9-10,17H,2-5,7-8,11-14H2,1H3,(H,20,24). The number of carbonyl (C=O) groups excluding carboxylic acids is 1. The lowest BCUT2D eigenvalue weighted by molar-refractivity contribution is -0.125. The molecule has 0 radical (unpaired) electrons. The molecule has 24 heavy (non-hydrogen) atoms. The van der Waals surface area contributed by atoms with E-state index >= 15 is 0 Å². The van der Waals surface area contributed by atoms with Crippen molar-refractivity contribution in [1.82, 2.24) is 15.5 Å². The monoisotopic (exact) mass is 328 g/mol. The van der Waals surface area contributed by atoms with Crippen LogP contribution < -0.4 is 10.2 Å². The molecule has 2 aliphatic rings. The smallest absolute Gasteiger partial charge is 0.224 e. The van der Waals surface area contributed by atoms with Crippen LogP contribution in [0.2, 0.25) is 0 Å². The minimum atomic E-state index is 0.0576. The van der Waals surface area contributed by atoms with Crippen LogP contribution in [0, 0.1) is 12.8 Å². The quantitative estimate of drug-likeness (QED) is 0.844. The Balaban J connectivity index is 1.47. The van der Waals surface area contributed by atoms with E-state index in [0.717, 1.165) is 50.4 Å². The number of aromatic nitrogens is 2. The van der Waals surface area contributed by atoms with Crippen LogP contribution in [-0.2, 0) is 4.79 Å². The van der Waals surface area contributed by atoms with Crippen molar-refractivity contribution in [3.63, 3.8) is 0 Å². The van der Waals surface area contributed by atoms with E-state index < -0.39 is 0 Å². The molecule has 0 bridgehead atoms. The third kappa shape index (κ3) is 4.56. The van der Waals surface area contributed by atoms with Crippen LogP contribution in [-0.4, -0.2) is 35.7 Å². The molecule has 1 atom stereocenters. The maximum Gasteiger partial charge on any atom is 0.224 e. The van der Waals surface area contributed by atoms with Crippen molar-refractivity contribution >= 4 is 11.7 Å². The highest BCUT2D eigenvalue weighted by Gasteiger charge is 2.26. The fraction of sp³-hybridized carbons (Fsp3) is 0.632. The summed E-state index contributed by atoms with van der Waals surface area (Å²) < 4.78 is 0. The van der Waals surface area contributed by atoms with Gasteiger partial charge in [0.25, 0.3) is 0 Å². The van der Waals surface area contributed by atoms with Crippen LogP contribution in [0.15, 0.2) is 23.8 Å². The van der Waals surface area contributed by atoms with Gasteiger partial charge in [0.1, 0.15) is 0 Å². The molecule has 1 aromatic rings. The zero-order valence-electron chi connectivity index (χ0n) is 14.6. The van der Waals surface area contributed by atoms with Gasteiger partial charge in [0, 0.05) is 19.6 Å². The SMILES string of the molecule is Cc1ccc(N2CCCC(C(=O)NCCC3=CCCCC3)C2)nn1. The summed E-state index contributed by atoms with van der Waals surface area (Å²) in [5.41, 5.74) is 2.43. The first kappa shape index (κ1) is 16.9. The fourth-order valence-corrected chi connectivity index (χ4v) is 3.58. The molecule has 1 fully saturated rings. The van der Waals surface area contributed by atoms with Crippen molar-refractivity contribution in [2.75, 3.05) is 24.5 Å². The lowest BCUT2D eigenvalue weighted by atomic mass is 9.96. The van der Waals surface area contributed by atoms with Gasteiger partial charge >= 0.3 is 0 Å². The second-order valence-corrected chi connectivity index (χ2v) is 6.97. The summed E-state index contributed by atoms with van der Waals surface area (Å²) in [5.74, 6) is 1.13. The summed E-state index contributed by atoms with van der Waals surface area (Å²) in [4.78, 5) is 14.7. The summed E-state index contributed by atoms with van der Waals surface area (Å²) in [6.07, 6.45) is 10.4. The van der Waals surface area contributed by atoms with Crippen LogP contribution in [0.3, 0.4) is 0 Å². The van der Waals surface area contributed by atoms with E-state index in [4.69, 9.17) is 0 Å². The van der Waals surface area contributed by atoms with Gasteiger partial charge < -0.3 is 10.2 Å². The second kappa shape index (κ2) is 8.27. The molecule has 1 aromatic heterocycles. The summed E-state index contributed by atoms with van der Waals surface area (Å²) in [6.45, 7) is 4.40. The molecule has 5 nitrogen and oxygen atoms in total. The Morgan fingerprint density at radius 1 is 1.29 bits per heavy atom. The summed E-state index contributed by atoms with van der Waals surface area (Å²) in [7, 11) is 0. The number of hydrogen-bond acceptors (Lipinski definition) is 4. The zero-order valence-corrected chi connectivity index (χ0v) is 14.6. The van der Waals surface area contributed by atoms with E-state index in [2.05, 4.69) is 26.5 Å². The molecule has 0 spiro atoms. The lowest BCUT2D eigenvalue weighted by Crippen LogP contribution is -2.43. The number of anilines is 1. The molecule has 1 saturated heterocycles. The molecule has 1 amide bonds. The zero-order chi connectivity index (χ0) is 16.8. The van der Waals surface area contributed by atoms with E-state index in [-0.39, 0.29) is 11.8 Å². The average molecular weight is 328 g/mol. The van der Waals surface area contributed by atoms with E-state index in [0.29, 0.717) is 0 Å². The molecular formula is C19H28N4O. The highest BCUT2D eigenvalue weighted by Crippen LogP contribution is 2.22. The van der Waals surface area contributed by atoms with Gasteiger partial charge in [-0.1, -0.05) is 11.6 Å². The Hall–Kier alpha value is -1.91. The van der Waals surface area contributed by atoms with Gasteiger partial charge in [-0.2, -0.15) is 5.10 Å². The van der Waals surface area contributed by atoms with E-state index in [1.165, 1.54) is 31.3 Å². The Morgan fingerprint density at radius 3 is 2.96 bits per heavy atom. The van der Waals surface area contributed by atoms with E-state index in [1.807, 2.05) is 19.1 Å². The predicted octanol–water partition coefficient (Wildman–Crippen LogP) is 3.01. The van der Waals surface area contributed by atoms with Crippen molar-refractivity contribution in [2.45, 2.75) is 51.9 Å². The van der Waals surface area contributed by atoms with Crippen LogP contribution in [0.1, 0.15) is 50.6 Å². The van der Waals surface area contributed by atoms with Gasteiger partial charge in [-0.05, 0) is 64.0 Å². The third-order valence-electron chi connectivity index (χ3n) is 5.03. The molecule has 130 valence electrons. The minimum Gasteiger partial charge on any atom is -0.355 e. The lowest BCUT2D eigenvalue weighted by Gasteiger charge is -2.32. The number of nitrogens with one attached hydrogen (secondary N) is 1.